The fourth-order valence-electron chi connectivity index (χ4n) is 1.36. The van der Waals surface area contributed by atoms with Crippen molar-refractivity contribution in [2.24, 2.45) is 0 Å². The van der Waals surface area contributed by atoms with Gasteiger partial charge >= 0.3 is 0 Å². The van der Waals surface area contributed by atoms with Crippen LogP contribution >= 0.6 is 38.9 Å². The molecule has 0 unspecified atom stereocenters. The molecule has 1 rings (SSSR count). The summed E-state index contributed by atoms with van der Waals surface area (Å²) >= 11 is 11.0. The van der Waals surface area contributed by atoms with Crippen LogP contribution in [-0.4, -0.2) is 19.3 Å². The minimum atomic E-state index is 0.341. The van der Waals surface area contributed by atoms with Gasteiger partial charge in [0.2, 0.25) is 0 Å². The van der Waals surface area contributed by atoms with Crippen molar-refractivity contribution in [3.63, 3.8) is 0 Å². The lowest BCUT2D eigenvalue weighted by Gasteiger charge is -2.07. The van der Waals surface area contributed by atoms with Gasteiger partial charge in [0, 0.05) is 22.5 Å². The van der Waals surface area contributed by atoms with Gasteiger partial charge < -0.3 is 10.1 Å². The highest BCUT2D eigenvalue weighted by molar-refractivity contribution is 9.10. The van der Waals surface area contributed by atoms with Crippen LogP contribution < -0.4 is 5.32 Å². The highest BCUT2D eigenvalue weighted by atomic mass is 79.9. The molecular formula is C12H19BrClNOS. The molecule has 1 aromatic heterocycles. The molecule has 1 heterocycles. The summed E-state index contributed by atoms with van der Waals surface area (Å²) in [5.74, 6) is 0. The zero-order chi connectivity index (χ0) is 12.7. The molecule has 0 aliphatic rings. The zero-order valence-electron chi connectivity index (χ0n) is 10.3. The molecule has 0 saturated carbocycles. The molecule has 5 heteroatoms. The second-order valence-electron chi connectivity index (χ2n) is 4.14. The molecular weight excluding hydrogens is 322 g/mol. The smallest absolute Gasteiger partial charge is 0.107 e. The molecule has 0 saturated heterocycles. The highest BCUT2D eigenvalue weighted by Crippen LogP contribution is 2.31. The summed E-state index contributed by atoms with van der Waals surface area (Å²) in [7, 11) is 0. The number of thiophene rings is 1. The van der Waals surface area contributed by atoms with Gasteiger partial charge in [-0.15, -0.1) is 11.3 Å². The summed E-state index contributed by atoms with van der Waals surface area (Å²) in [6.07, 6.45) is 2.60. The third-order valence-electron chi connectivity index (χ3n) is 2.19. The summed E-state index contributed by atoms with van der Waals surface area (Å²) in [6, 6.07) is 2.07. The van der Waals surface area contributed by atoms with Crippen LogP contribution in [-0.2, 0) is 11.3 Å². The largest absolute Gasteiger partial charge is 0.379 e. The molecule has 17 heavy (non-hydrogen) atoms. The Kier molecular flexibility index (Phi) is 7.71. The Labute approximate surface area is 121 Å². The first-order valence-corrected chi connectivity index (χ1v) is 7.84. The number of halogens is 2. The van der Waals surface area contributed by atoms with Crippen molar-refractivity contribution < 1.29 is 4.74 Å². The molecule has 0 fully saturated rings. The van der Waals surface area contributed by atoms with Crippen LogP contribution in [0.3, 0.4) is 0 Å². The van der Waals surface area contributed by atoms with E-state index in [1.807, 2.05) is 0 Å². The first-order chi connectivity index (χ1) is 8.09. The molecule has 0 radical (unpaired) electrons. The van der Waals surface area contributed by atoms with Crippen molar-refractivity contribution in [2.75, 3.05) is 13.2 Å². The fraction of sp³-hybridized carbons (Fsp3) is 0.667. The van der Waals surface area contributed by atoms with E-state index < -0.39 is 0 Å². The quantitative estimate of drug-likeness (QED) is 0.706. The van der Waals surface area contributed by atoms with E-state index in [0.29, 0.717) is 6.10 Å². The minimum absolute atomic E-state index is 0.341. The Bertz CT molecular complexity index is 311. The van der Waals surface area contributed by atoms with Gasteiger partial charge in [0.25, 0.3) is 0 Å². The molecule has 0 aliphatic carbocycles. The third kappa shape index (κ3) is 6.77. The molecule has 0 atom stereocenters. The van der Waals surface area contributed by atoms with Gasteiger partial charge in [-0.3, -0.25) is 0 Å². The lowest BCUT2D eigenvalue weighted by atomic mass is 10.3. The van der Waals surface area contributed by atoms with Crippen LogP contribution in [0.25, 0.3) is 0 Å². The second kappa shape index (κ2) is 8.48. The molecule has 0 bridgehead atoms. The highest BCUT2D eigenvalue weighted by Gasteiger charge is 2.03. The summed E-state index contributed by atoms with van der Waals surface area (Å²) in [5.41, 5.74) is 0. The lowest BCUT2D eigenvalue weighted by Crippen LogP contribution is -2.14. The number of hydrogen-bond donors (Lipinski definition) is 1. The van der Waals surface area contributed by atoms with Crippen LogP contribution in [0.15, 0.2) is 10.5 Å². The van der Waals surface area contributed by atoms with E-state index in [1.165, 1.54) is 4.88 Å². The lowest BCUT2D eigenvalue weighted by molar-refractivity contribution is 0.0760. The maximum absolute atomic E-state index is 5.97. The summed E-state index contributed by atoms with van der Waals surface area (Å²) in [6.45, 7) is 6.90. The van der Waals surface area contributed by atoms with Crippen LogP contribution in [0.2, 0.25) is 4.34 Å². The first-order valence-electron chi connectivity index (χ1n) is 5.85. The van der Waals surface area contributed by atoms with Crippen molar-refractivity contribution in [1.29, 1.82) is 0 Å². The van der Waals surface area contributed by atoms with Crippen LogP contribution in [0, 0.1) is 0 Å². The third-order valence-corrected chi connectivity index (χ3v) is 4.67. The van der Waals surface area contributed by atoms with Crippen molar-refractivity contribution >= 4 is 38.9 Å². The van der Waals surface area contributed by atoms with Crippen molar-refractivity contribution in [2.45, 2.75) is 39.3 Å². The van der Waals surface area contributed by atoms with E-state index in [-0.39, 0.29) is 0 Å². The minimum Gasteiger partial charge on any atom is -0.379 e. The van der Waals surface area contributed by atoms with Crippen molar-refractivity contribution in [1.82, 2.24) is 5.32 Å². The molecule has 0 aliphatic heterocycles. The Morgan fingerprint density at radius 3 is 2.82 bits per heavy atom. The molecule has 0 aromatic carbocycles. The molecule has 0 amide bonds. The number of unbranched alkanes of at least 4 members (excludes halogenated alkanes) is 1. The number of nitrogens with one attached hydrogen (secondary N) is 1. The SMILES string of the molecule is CC(C)OCCCCNCc1cc(Br)c(Cl)s1. The summed E-state index contributed by atoms with van der Waals surface area (Å²) in [5, 5.41) is 3.41. The topological polar surface area (TPSA) is 21.3 Å². The van der Waals surface area contributed by atoms with Crippen molar-refractivity contribution in [3.05, 3.63) is 19.8 Å². The van der Waals surface area contributed by atoms with Gasteiger partial charge in [-0.05, 0) is 55.2 Å². The monoisotopic (exact) mass is 339 g/mol. The summed E-state index contributed by atoms with van der Waals surface area (Å²) < 4.78 is 7.29. The Hall–Kier alpha value is 0.390. The van der Waals surface area contributed by atoms with Crippen molar-refractivity contribution in [3.8, 4) is 0 Å². The van der Waals surface area contributed by atoms with Gasteiger partial charge in [0.1, 0.15) is 4.34 Å². The zero-order valence-corrected chi connectivity index (χ0v) is 13.4. The van der Waals surface area contributed by atoms with Gasteiger partial charge in [-0.1, -0.05) is 11.6 Å². The molecule has 2 nitrogen and oxygen atoms in total. The van der Waals surface area contributed by atoms with E-state index in [0.717, 1.165) is 41.3 Å². The van der Waals surface area contributed by atoms with Gasteiger partial charge in [0.05, 0.1) is 6.10 Å². The Morgan fingerprint density at radius 1 is 1.47 bits per heavy atom. The average Bonchev–Trinajstić information content (AvgIpc) is 2.56. The predicted molar refractivity (Wildman–Crippen MR) is 79.1 cm³/mol. The van der Waals surface area contributed by atoms with E-state index in [2.05, 4.69) is 41.2 Å². The summed E-state index contributed by atoms with van der Waals surface area (Å²) in [4.78, 5) is 1.26. The molecule has 98 valence electrons. The molecule has 1 aromatic rings. The maximum Gasteiger partial charge on any atom is 0.107 e. The number of rotatable bonds is 8. The average molecular weight is 341 g/mol. The standard InChI is InChI=1S/C12H19BrClNOS/c1-9(2)16-6-4-3-5-15-8-10-7-11(13)12(14)17-10/h7,9,15H,3-6,8H2,1-2H3. The van der Waals surface area contributed by atoms with Gasteiger partial charge in [-0.2, -0.15) is 0 Å². The van der Waals surface area contributed by atoms with Gasteiger partial charge in [-0.25, -0.2) is 0 Å². The predicted octanol–water partition coefficient (Wildman–Crippen LogP) is 4.46. The first kappa shape index (κ1) is 15.4. The van der Waals surface area contributed by atoms with E-state index in [9.17, 15) is 0 Å². The van der Waals surface area contributed by atoms with E-state index in [1.54, 1.807) is 11.3 Å². The van der Waals surface area contributed by atoms with E-state index >= 15 is 0 Å². The van der Waals surface area contributed by atoms with Crippen LogP contribution in [0.4, 0.5) is 0 Å². The van der Waals surface area contributed by atoms with E-state index in [4.69, 9.17) is 16.3 Å². The number of ether oxygens (including phenoxy) is 1. The Morgan fingerprint density at radius 2 is 2.24 bits per heavy atom. The maximum atomic E-state index is 5.97. The normalized spacial score (nSPS) is 11.4. The fourth-order valence-corrected chi connectivity index (χ4v) is 3.12. The van der Waals surface area contributed by atoms with Gasteiger partial charge in [0.15, 0.2) is 0 Å². The van der Waals surface area contributed by atoms with Crippen LogP contribution in [0.5, 0.6) is 0 Å². The second-order valence-corrected chi connectivity index (χ2v) is 6.73. The van der Waals surface area contributed by atoms with Crippen LogP contribution in [0.1, 0.15) is 31.6 Å². The molecule has 0 spiro atoms. The number of hydrogen-bond acceptors (Lipinski definition) is 3. The Balaban J connectivity index is 2.01. The molecule has 1 N–H and O–H groups in total.